The molecule has 3 rings (SSSR count). The fraction of sp³-hybridized carbons (Fsp3) is 0.467. The van der Waals surface area contributed by atoms with Gasteiger partial charge < -0.3 is 9.45 Å². The summed E-state index contributed by atoms with van der Waals surface area (Å²) < 4.78 is 20.2. The minimum absolute atomic E-state index is 0.110. The fourth-order valence-corrected chi connectivity index (χ4v) is 4.03. The molecule has 1 aliphatic heterocycles. The average Bonchev–Trinajstić information content (AvgIpc) is 3.00. The van der Waals surface area contributed by atoms with Gasteiger partial charge in [-0.05, 0) is 41.1 Å². The van der Waals surface area contributed by atoms with Gasteiger partial charge in [0, 0.05) is 13.1 Å². The van der Waals surface area contributed by atoms with Crippen LogP contribution in [0.2, 0.25) is 5.15 Å². The van der Waals surface area contributed by atoms with Crippen LogP contribution in [-0.2, 0) is 16.8 Å². The molecule has 0 amide bonds. The number of thiophene rings is 1. The van der Waals surface area contributed by atoms with E-state index in [1.807, 2.05) is 16.8 Å². The molecule has 1 saturated heterocycles. The van der Waals surface area contributed by atoms with Crippen LogP contribution in [0.4, 0.5) is 5.82 Å². The van der Waals surface area contributed by atoms with Crippen molar-refractivity contribution < 1.29 is 8.76 Å². The van der Waals surface area contributed by atoms with Gasteiger partial charge in [-0.2, -0.15) is 11.3 Å². The monoisotopic (exact) mass is 371 g/mol. The lowest BCUT2D eigenvalue weighted by Gasteiger charge is -2.32. The molecule has 0 saturated carbocycles. The molecule has 2 aromatic rings. The highest BCUT2D eigenvalue weighted by Gasteiger charge is 2.24. The second-order valence-electron chi connectivity index (χ2n) is 5.78. The molecule has 124 valence electrons. The summed E-state index contributed by atoms with van der Waals surface area (Å²) in [6.07, 6.45) is 2.21. The Morgan fingerprint density at radius 3 is 2.78 bits per heavy atom. The largest absolute Gasteiger partial charge is 0.356 e. The second-order valence-corrected chi connectivity index (χ2v) is 7.85. The molecule has 0 radical (unpaired) electrons. The zero-order chi connectivity index (χ0) is 16.4. The van der Waals surface area contributed by atoms with E-state index in [4.69, 9.17) is 16.2 Å². The first-order chi connectivity index (χ1) is 11.0. The van der Waals surface area contributed by atoms with Gasteiger partial charge in [-0.25, -0.2) is 14.2 Å². The van der Waals surface area contributed by atoms with Gasteiger partial charge in [0.1, 0.15) is 22.5 Å². The number of hydrogen-bond donors (Lipinski definition) is 1. The molecule has 0 aliphatic carbocycles. The van der Waals surface area contributed by atoms with Crippen molar-refractivity contribution in [2.24, 2.45) is 5.92 Å². The highest BCUT2D eigenvalue weighted by molar-refractivity contribution is 7.78. The van der Waals surface area contributed by atoms with Crippen molar-refractivity contribution in [3.63, 3.8) is 0 Å². The number of halogens is 1. The van der Waals surface area contributed by atoms with E-state index in [0.29, 0.717) is 16.9 Å². The minimum Gasteiger partial charge on any atom is -0.356 e. The number of piperidine rings is 1. The predicted octanol–water partition coefficient (Wildman–Crippen LogP) is 3.82. The molecule has 0 aromatic carbocycles. The third-order valence-corrected chi connectivity index (χ3v) is 5.50. The van der Waals surface area contributed by atoms with Gasteiger partial charge in [0.05, 0.1) is 5.56 Å². The van der Waals surface area contributed by atoms with Crippen LogP contribution in [0.15, 0.2) is 16.8 Å². The zero-order valence-corrected chi connectivity index (χ0v) is 15.1. The van der Waals surface area contributed by atoms with Gasteiger partial charge >= 0.3 is 0 Å². The summed E-state index contributed by atoms with van der Waals surface area (Å²) in [5.74, 6) is 1.68. The van der Waals surface area contributed by atoms with Gasteiger partial charge in [-0.15, -0.1) is 0 Å². The minimum atomic E-state index is -1.99. The Morgan fingerprint density at radius 2 is 2.17 bits per heavy atom. The molecule has 1 atom stereocenters. The highest BCUT2D eigenvalue weighted by Crippen LogP contribution is 2.37. The summed E-state index contributed by atoms with van der Waals surface area (Å²) in [4.78, 5) is 11.0. The molecule has 1 N–H and O–H groups in total. The van der Waals surface area contributed by atoms with E-state index in [0.717, 1.165) is 42.9 Å². The molecule has 5 nitrogen and oxygen atoms in total. The fourth-order valence-electron chi connectivity index (χ4n) is 2.74. The first-order valence-electron chi connectivity index (χ1n) is 7.46. The Balaban J connectivity index is 2.05. The van der Waals surface area contributed by atoms with Crippen molar-refractivity contribution in [3.05, 3.63) is 27.8 Å². The van der Waals surface area contributed by atoms with E-state index in [2.05, 4.69) is 21.8 Å². The third kappa shape index (κ3) is 3.91. The Kier molecular flexibility index (Phi) is 5.31. The van der Waals surface area contributed by atoms with Gasteiger partial charge in [0.15, 0.2) is 11.1 Å². The van der Waals surface area contributed by atoms with Crippen LogP contribution >= 0.6 is 22.9 Å². The number of hydrogen-bond acceptors (Lipinski definition) is 5. The Morgan fingerprint density at radius 1 is 1.43 bits per heavy atom. The normalized spacial score (nSPS) is 17.4. The van der Waals surface area contributed by atoms with Crippen molar-refractivity contribution in [1.29, 1.82) is 0 Å². The smallest absolute Gasteiger partial charge is 0.160 e. The van der Waals surface area contributed by atoms with E-state index >= 15 is 0 Å². The number of rotatable bonds is 4. The Hall–Kier alpha value is -1.02. The Bertz CT molecular complexity index is 701. The molecule has 8 heteroatoms. The standard InChI is InChI=1S/C15H18ClN3O2S2/c1-10-2-5-19(6-3-10)15-13(11-4-7-22-8-11)14(16)17-12(18-15)9-23(20)21/h4,7-8,10H,2-3,5-6,9H2,1H3,(H,20,21). The summed E-state index contributed by atoms with van der Waals surface area (Å²) in [6, 6.07) is 2.00. The summed E-state index contributed by atoms with van der Waals surface area (Å²) >= 11 is 6.01. The van der Waals surface area contributed by atoms with Crippen LogP contribution in [0, 0.1) is 5.92 Å². The van der Waals surface area contributed by atoms with Gasteiger partial charge in [0.25, 0.3) is 0 Å². The van der Waals surface area contributed by atoms with E-state index in [-0.39, 0.29) is 5.75 Å². The van der Waals surface area contributed by atoms with E-state index < -0.39 is 11.1 Å². The molecule has 1 fully saturated rings. The lowest BCUT2D eigenvalue weighted by molar-refractivity contribution is 0.436. The SMILES string of the molecule is CC1CCN(c2nc(CS(=O)O)nc(Cl)c2-c2ccsc2)CC1. The highest BCUT2D eigenvalue weighted by atomic mass is 35.5. The van der Waals surface area contributed by atoms with Gasteiger partial charge in [0.2, 0.25) is 0 Å². The molecule has 3 heterocycles. The van der Waals surface area contributed by atoms with Crippen LogP contribution < -0.4 is 4.90 Å². The lowest BCUT2D eigenvalue weighted by Crippen LogP contribution is -2.34. The van der Waals surface area contributed by atoms with Crippen LogP contribution in [0.5, 0.6) is 0 Å². The van der Waals surface area contributed by atoms with Crippen LogP contribution in [0.25, 0.3) is 11.1 Å². The average molecular weight is 372 g/mol. The molecule has 1 unspecified atom stereocenters. The van der Waals surface area contributed by atoms with Gasteiger partial charge in [-0.3, -0.25) is 0 Å². The predicted molar refractivity (Wildman–Crippen MR) is 95.4 cm³/mol. The number of anilines is 1. The molecule has 23 heavy (non-hydrogen) atoms. The first-order valence-corrected chi connectivity index (χ1v) is 10.1. The summed E-state index contributed by atoms with van der Waals surface area (Å²) in [5.41, 5.74) is 1.81. The van der Waals surface area contributed by atoms with E-state index in [9.17, 15) is 4.21 Å². The van der Waals surface area contributed by atoms with Crippen LogP contribution in [0.3, 0.4) is 0 Å². The molecular weight excluding hydrogens is 354 g/mol. The zero-order valence-electron chi connectivity index (χ0n) is 12.7. The van der Waals surface area contributed by atoms with Crippen molar-refractivity contribution in [2.45, 2.75) is 25.5 Å². The molecule has 0 bridgehead atoms. The number of aromatic nitrogens is 2. The maximum Gasteiger partial charge on any atom is 0.160 e. The van der Waals surface area contributed by atoms with Crippen molar-refractivity contribution in [3.8, 4) is 11.1 Å². The molecule has 0 spiro atoms. The number of nitrogens with zero attached hydrogens (tertiary/aromatic N) is 3. The summed E-state index contributed by atoms with van der Waals surface area (Å²) in [5, 5.41) is 4.35. The van der Waals surface area contributed by atoms with Gasteiger partial charge in [-0.1, -0.05) is 18.5 Å². The topological polar surface area (TPSA) is 66.3 Å². The van der Waals surface area contributed by atoms with Crippen LogP contribution in [-0.4, -0.2) is 31.8 Å². The maximum absolute atomic E-state index is 11.1. The van der Waals surface area contributed by atoms with Crippen molar-refractivity contribution >= 4 is 39.8 Å². The second kappa shape index (κ2) is 7.25. The molecular formula is C15H18ClN3O2S2. The van der Waals surface area contributed by atoms with E-state index in [1.54, 1.807) is 11.3 Å². The first kappa shape index (κ1) is 16.8. The maximum atomic E-state index is 11.1. The van der Waals surface area contributed by atoms with Crippen LogP contribution in [0.1, 0.15) is 25.6 Å². The molecule has 2 aromatic heterocycles. The quantitative estimate of drug-likeness (QED) is 0.653. The summed E-state index contributed by atoms with van der Waals surface area (Å²) in [7, 11) is 0. The van der Waals surface area contributed by atoms with E-state index in [1.165, 1.54) is 0 Å². The van der Waals surface area contributed by atoms with Crippen molar-refractivity contribution in [1.82, 2.24) is 9.97 Å². The third-order valence-electron chi connectivity index (χ3n) is 4.04. The summed E-state index contributed by atoms with van der Waals surface area (Å²) in [6.45, 7) is 4.07. The molecule has 1 aliphatic rings. The van der Waals surface area contributed by atoms with Crippen molar-refractivity contribution in [2.75, 3.05) is 18.0 Å². The lowest BCUT2D eigenvalue weighted by atomic mass is 9.98. The Labute approximate surface area is 147 Å².